The van der Waals surface area contributed by atoms with E-state index in [-0.39, 0.29) is 33.3 Å². The number of hydrogen-bond donors (Lipinski definition) is 1. The van der Waals surface area contributed by atoms with Gasteiger partial charge in [0.2, 0.25) is 0 Å². The van der Waals surface area contributed by atoms with Crippen LogP contribution in [-0.2, 0) is 9.59 Å². The first kappa shape index (κ1) is 27.6. The number of amides is 1. The molecule has 1 unspecified atom stereocenters. The Morgan fingerprint density at radius 2 is 1.56 bits per heavy atom. The van der Waals surface area contributed by atoms with E-state index < -0.39 is 35.6 Å². The van der Waals surface area contributed by atoms with Crippen LogP contribution in [0.3, 0.4) is 0 Å². The molecule has 0 aliphatic carbocycles. The van der Waals surface area contributed by atoms with Crippen molar-refractivity contribution in [2.24, 2.45) is 0 Å². The number of nitrogens with zero attached hydrogens (tertiary/aromatic N) is 1. The molecule has 0 aromatic heterocycles. The summed E-state index contributed by atoms with van der Waals surface area (Å²) in [5.74, 6) is -2.78. The first-order valence-corrected chi connectivity index (χ1v) is 11.6. The maximum absolute atomic E-state index is 13.4. The Morgan fingerprint density at radius 3 is 2.21 bits per heavy atom. The topological polar surface area (TPSA) is 94.5 Å². The molecule has 0 radical (unpaired) electrons. The zero-order valence-corrected chi connectivity index (χ0v) is 21.5. The van der Waals surface area contributed by atoms with Gasteiger partial charge < -0.3 is 24.1 Å². The molecule has 1 heterocycles. The van der Waals surface area contributed by atoms with Gasteiger partial charge in [-0.1, -0.05) is 29.8 Å². The smallest absolute Gasteiger partial charge is 0.507 e. The highest BCUT2D eigenvalue weighted by molar-refractivity contribution is 6.51. The number of ketones is 1. The van der Waals surface area contributed by atoms with Gasteiger partial charge in [-0.3, -0.25) is 14.5 Å². The molecule has 3 aromatic rings. The van der Waals surface area contributed by atoms with Crippen molar-refractivity contribution in [3.8, 4) is 23.0 Å². The molecule has 0 bridgehead atoms. The Hall–Kier alpha value is -4.38. The number of rotatable bonds is 7. The van der Waals surface area contributed by atoms with Gasteiger partial charge in [0.25, 0.3) is 11.7 Å². The van der Waals surface area contributed by atoms with Gasteiger partial charge in [-0.2, -0.15) is 0 Å². The minimum atomic E-state index is -4.98. The Kier molecular flexibility index (Phi) is 7.64. The lowest BCUT2D eigenvalue weighted by Crippen LogP contribution is -2.29. The van der Waals surface area contributed by atoms with Gasteiger partial charge in [-0.25, -0.2) is 0 Å². The largest absolute Gasteiger partial charge is 0.573 e. The third kappa shape index (κ3) is 5.44. The van der Waals surface area contributed by atoms with Crippen LogP contribution in [0.5, 0.6) is 23.0 Å². The van der Waals surface area contributed by atoms with Crippen LogP contribution in [0.4, 0.5) is 18.9 Å². The molecule has 4 rings (SSSR count). The van der Waals surface area contributed by atoms with E-state index in [9.17, 15) is 27.9 Å². The molecule has 1 saturated heterocycles. The van der Waals surface area contributed by atoms with Gasteiger partial charge >= 0.3 is 6.36 Å². The van der Waals surface area contributed by atoms with Gasteiger partial charge in [-0.05, 0) is 35.9 Å². The highest BCUT2D eigenvalue weighted by Crippen LogP contribution is 2.45. The molecule has 1 fully saturated rings. The number of alkyl halides is 3. The van der Waals surface area contributed by atoms with Gasteiger partial charge in [0.15, 0.2) is 0 Å². The number of methoxy groups -OCH3 is 3. The molecular formula is C27H21ClF3NO7. The van der Waals surface area contributed by atoms with Crippen LogP contribution in [-0.4, -0.2) is 44.5 Å². The number of carbonyl (C=O) groups is 2. The fraction of sp³-hybridized carbons (Fsp3) is 0.185. The number of aliphatic hydroxyl groups is 1. The molecule has 0 saturated carbocycles. The number of halogens is 4. The van der Waals surface area contributed by atoms with E-state index >= 15 is 0 Å². The molecule has 8 nitrogen and oxygen atoms in total. The first-order chi connectivity index (χ1) is 18.5. The monoisotopic (exact) mass is 563 g/mol. The lowest BCUT2D eigenvalue weighted by Gasteiger charge is -2.26. The van der Waals surface area contributed by atoms with Crippen molar-refractivity contribution in [1.29, 1.82) is 0 Å². The predicted octanol–water partition coefficient (Wildman–Crippen LogP) is 5.89. The molecule has 204 valence electrons. The highest BCUT2D eigenvalue weighted by Gasteiger charge is 2.47. The van der Waals surface area contributed by atoms with Crippen LogP contribution in [0.25, 0.3) is 5.76 Å². The summed E-state index contributed by atoms with van der Waals surface area (Å²) in [4.78, 5) is 27.8. The first-order valence-electron chi connectivity index (χ1n) is 11.2. The van der Waals surface area contributed by atoms with Gasteiger partial charge in [0.1, 0.15) is 28.8 Å². The van der Waals surface area contributed by atoms with Crippen LogP contribution in [0.15, 0.2) is 66.2 Å². The second kappa shape index (κ2) is 10.8. The third-order valence-electron chi connectivity index (χ3n) is 5.91. The van der Waals surface area contributed by atoms with Gasteiger partial charge in [0.05, 0.1) is 43.5 Å². The molecule has 1 amide bonds. The quantitative estimate of drug-likeness (QED) is 0.218. The highest BCUT2D eigenvalue weighted by atomic mass is 35.5. The Labute approximate surface area is 225 Å². The molecule has 39 heavy (non-hydrogen) atoms. The molecule has 12 heteroatoms. The molecule has 1 atom stereocenters. The van der Waals surface area contributed by atoms with Gasteiger partial charge in [-0.15, -0.1) is 13.2 Å². The summed E-state index contributed by atoms with van der Waals surface area (Å²) in [6.07, 6.45) is -4.98. The van der Waals surface area contributed by atoms with Crippen LogP contribution in [0.2, 0.25) is 5.02 Å². The zero-order chi connectivity index (χ0) is 28.5. The molecular weight excluding hydrogens is 543 g/mol. The van der Waals surface area contributed by atoms with E-state index in [1.807, 2.05) is 0 Å². The van der Waals surface area contributed by atoms with E-state index in [0.29, 0.717) is 11.3 Å². The normalized spacial score (nSPS) is 16.8. The minimum Gasteiger partial charge on any atom is -0.507 e. The van der Waals surface area contributed by atoms with Crippen molar-refractivity contribution in [2.75, 3.05) is 26.2 Å². The van der Waals surface area contributed by atoms with E-state index in [2.05, 4.69) is 4.74 Å². The standard InChI is InChI=1S/C27H21ClF3NO7/c1-36-16-8-4-6-14(10-16)23-22(24(33)18-12-21(38-3)19(28)13-20(18)37-2)25(34)26(35)32(23)15-7-5-9-17(11-15)39-27(29,30)31/h4-13,23,33H,1-3H3/b24-22+. The summed E-state index contributed by atoms with van der Waals surface area (Å²) in [5.41, 5.74) is -0.0969. The average molecular weight is 564 g/mol. The number of Topliss-reactive ketones (excluding diaryl/α,β-unsaturated/α-hetero) is 1. The summed E-state index contributed by atoms with van der Waals surface area (Å²) in [6, 6.07) is 12.4. The lowest BCUT2D eigenvalue weighted by atomic mass is 9.94. The Morgan fingerprint density at radius 1 is 0.897 bits per heavy atom. The molecule has 0 spiro atoms. The van der Waals surface area contributed by atoms with Gasteiger partial charge in [0, 0.05) is 17.8 Å². The molecule has 1 aliphatic rings. The van der Waals surface area contributed by atoms with E-state index in [4.69, 9.17) is 25.8 Å². The fourth-order valence-electron chi connectivity index (χ4n) is 4.25. The second-order valence-corrected chi connectivity index (χ2v) is 8.59. The molecule has 1 N–H and O–H groups in total. The van der Waals surface area contributed by atoms with E-state index in [1.54, 1.807) is 18.2 Å². The van der Waals surface area contributed by atoms with Crippen molar-refractivity contribution < 1.29 is 46.8 Å². The van der Waals surface area contributed by atoms with Crippen LogP contribution in [0, 0.1) is 0 Å². The number of benzene rings is 3. The van der Waals surface area contributed by atoms with Crippen molar-refractivity contribution in [3.63, 3.8) is 0 Å². The third-order valence-corrected chi connectivity index (χ3v) is 6.21. The Balaban J connectivity index is 1.98. The number of ether oxygens (including phenoxy) is 4. The summed E-state index contributed by atoms with van der Waals surface area (Å²) in [5, 5.41) is 11.6. The number of hydrogen-bond acceptors (Lipinski definition) is 7. The molecule has 3 aromatic carbocycles. The number of aliphatic hydroxyl groups excluding tert-OH is 1. The van der Waals surface area contributed by atoms with Crippen molar-refractivity contribution in [3.05, 3.63) is 82.4 Å². The zero-order valence-electron chi connectivity index (χ0n) is 20.7. The number of anilines is 1. The number of carbonyl (C=O) groups excluding carboxylic acids is 2. The van der Waals surface area contributed by atoms with Crippen LogP contribution >= 0.6 is 11.6 Å². The average Bonchev–Trinajstić information content (AvgIpc) is 3.17. The lowest BCUT2D eigenvalue weighted by molar-refractivity contribution is -0.274. The summed E-state index contributed by atoms with van der Waals surface area (Å²) >= 11 is 6.18. The fourth-order valence-corrected chi connectivity index (χ4v) is 4.48. The Bertz CT molecular complexity index is 1470. The second-order valence-electron chi connectivity index (χ2n) is 8.18. The van der Waals surface area contributed by atoms with Crippen molar-refractivity contribution >= 4 is 34.7 Å². The summed E-state index contributed by atoms with van der Waals surface area (Å²) < 4.78 is 58.5. The molecule has 1 aliphatic heterocycles. The SMILES string of the molecule is COc1cccc(C2/C(=C(\O)c3cc(OC)c(Cl)cc3OC)C(=O)C(=O)N2c2cccc(OC(F)(F)F)c2)c1. The van der Waals surface area contributed by atoms with E-state index in [1.165, 1.54) is 51.7 Å². The summed E-state index contributed by atoms with van der Waals surface area (Å²) in [6.45, 7) is 0. The van der Waals surface area contributed by atoms with Crippen LogP contribution < -0.4 is 23.8 Å². The maximum atomic E-state index is 13.4. The minimum absolute atomic E-state index is 0.00111. The van der Waals surface area contributed by atoms with Crippen molar-refractivity contribution in [1.82, 2.24) is 0 Å². The van der Waals surface area contributed by atoms with Crippen molar-refractivity contribution in [2.45, 2.75) is 12.4 Å². The van der Waals surface area contributed by atoms with Crippen LogP contribution in [0.1, 0.15) is 17.2 Å². The summed E-state index contributed by atoms with van der Waals surface area (Å²) in [7, 11) is 4.08. The maximum Gasteiger partial charge on any atom is 0.573 e. The predicted molar refractivity (Wildman–Crippen MR) is 135 cm³/mol. The van der Waals surface area contributed by atoms with E-state index in [0.717, 1.165) is 17.0 Å².